The van der Waals surface area contributed by atoms with Gasteiger partial charge in [0, 0.05) is 0 Å². The summed E-state index contributed by atoms with van der Waals surface area (Å²) in [6, 6.07) is -0.731. The Morgan fingerprint density at radius 3 is 2.17 bits per heavy atom. The van der Waals surface area contributed by atoms with E-state index in [-0.39, 0.29) is 0 Å². The molecule has 0 rings (SSSR count). The second-order valence-electron chi connectivity index (χ2n) is 1.13. The van der Waals surface area contributed by atoms with Crippen LogP contribution in [0.4, 0.5) is 0 Å². The quantitative estimate of drug-likeness (QED) is 0.423. The highest BCUT2D eigenvalue weighted by atomic mass is 16.5. The maximum absolute atomic E-state index is 9.57. The molecule has 0 unspecified atom stereocenters. The summed E-state index contributed by atoms with van der Waals surface area (Å²) in [4.78, 5) is 9.57. The minimum Gasteiger partial charge on any atom is -0.480 e. The van der Waals surface area contributed by atoms with Crippen LogP contribution in [0.15, 0.2) is 0 Å². The highest BCUT2D eigenvalue weighted by Gasteiger charge is 1.99. The Labute approximate surface area is 35.8 Å². The Hall–Kier alpha value is -0.570. The van der Waals surface area contributed by atoms with E-state index in [0.717, 1.165) is 0 Å². The molecule has 0 aromatic rings. The Morgan fingerprint density at radius 2 is 2.17 bits per heavy atom. The van der Waals surface area contributed by atoms with E-state index in [0.29, 0.717) is 0 Å². The Balaban J connectivity index is 3.26. The summed E-state index contributed by atoms with van der Waals surface area (Å²) in [6.07, 6.45) is 0. The molecule has 6 heavy (non-hydrogen) atoms. The second-order valence-corrected chi connectivity index (χ2v) is 1.13. The summed E-state index contributed by atoms with van der Waals surface area (Å²) < 4.78 is 0. The third kappa shape index (κ3) is 1.72. The van der Waals surface area contributed by atoms with E-state index in [1.54, 1.807) is 0 Å². The van der Waals surface area contributed by atoms with Crippen molar-refractivity contribution >= 4 is 5.97 Å². The first-order chi connectivity index (χ1) is 2.64. The van der Waals surface area contributed by atoms with Gasteiger partial charge in [-0.1, -0.05) is 0 Å². The van der Waals surface area contributed by atoms with Gasteiger partial charge in [0.2, 0.25) is 0 Å². The zero-order valence-corrected chi connectivity index (χ0v) is 3.51. The van der Waals surface area contributed by atoms with E-state index >= 15 is 0 Å². The number of rotatable bonds is 1. The fraction of sp³-hybridized carbons (Fsp3) is 0.667. The minimum absolute atomic E-state index is 0.731. The van der Waals surface area contributed by atoms with Crippen LogP contribution in [0.2, 0.25) is 0 Å². The smallest absolute Gasteiger partial charge is 0.320 e. The molecule has 3 N–H and O–H groups in total. The summed E-state index contributed by atoms with van der Waals surface area (Å²) in [5.41, 5.74) is 4.84. The summed E-state index contributed by atoms with van der Waals surface area (Å²) in [5.74, 6) is -0.963. The van der Waals surface area contributed by atoms with Gasteiger partial charge in [0.25, 0.3) is 0 Å². The molecular weight excluding hydrogens is 83.0 g/mol. The minimum atomic E-state index is -0.963. The van der Waals surface area contributed by atoms with Gasteiger partial charge >= 0.3 is 5.97 Å². The summed E-state index contributed by atoms with van der Waals surface area (Å²) >= 11 is 0. The fourth-order valence-electron chi connectivity index (χ4n) is 0. The number of carbonyl (C=O) groups is 1. The number of aliphatic carboxylic acids is 1. The predicted octanol–water partition coefficient (Wildman–Crippen LogP) is -0.582. The molecule has 0 aromatic heterocycles. The molecule has 1 atom stereocenters. The molecule has 0 saturated heterocycles. The van der Waals surface area contributed by atoms with Crippen LogP contribution in [0.3, 0.4) is 0 Å². The molecule has 3 nitrogen and oxygen atoms in total. The van der Waals surface area contributed by atoms with Crippen molar-refractivity contribution in [2.45, 2.75) is 13.0 Å². The van der Waals surface area contributed by atoms with Crippen LogP contribution in [0, 0.1) is 0 Å². The normalized spacial score (nSPS) is 13.7. The van der Waals surface area contributed by atoms with Gasteiger partial charge in [-0.25, -0.2) is 0 Å². The molecule has 0 saturated carbocycles. The summed E-state index contributed by atoms with van der Waals surface area (Å²) in [7, 11) is 0. The first kappa shape index (κ1) is 5.43. The Morgan fingerprint density at radius 1 is 2.00 bits per heavy atom. The highest BCUT2D eigenvalue weighted by Crippen LogP contribution is 1.68. The molecule has 0 aliphatic heterocycles. The van der Waals surface area contributed by atoms with Gasteiger partial charge < -0.3 is 10.8 Å². The summed E-state index contributed by atoms with van der Waals surface area (Å²) in [6.45, 7) is 1.42. The van der Waals surface area contributed by atoms with E-state index in [9.17, 15) is 4.79 Å². The van der Waals surface area contributed by atoms with Crippen molar-refractivity contribution in [2.75, 3.05) is 0 Å². The zero-order valence-electron chi connectivity index (χ0n) is 3.51. The van der Waals surface area contributed by atoms with Crippen molar-refractivity contribution in [1.29, 1.82) is 0 Å². The number of carboxylic acid groups (broad SMARTS) is 1. The molecule has 0 aromatic carbocycles. The van der Waals surface area contributed by atoms with Gasteiger partial charge in [-0.05, 0) is 6.92 Å². The molecule has 0 radical (unpaired) electrons. The van der Waals surface area contributed by atoms with Crippen molar-refractivity contribution in [3.63, 3.8) is 0 Å². The van der Waals surface area contributed by atoms with Crippen LogP contribution in [0.25, 0.3) is 0 Å². The van der Waals surface area contributed by atoms with Crippen molar-refractivity contribution in [3.8, 4) is 0 Å². The van der Waals surface area contributed by atoms with Crippen LogP contribution in [-0.2, 0) is 4.79 Å². The number of hydrogen-bond acceptors (Lipinski definition) is 2. The molecule has 0 spiro atoms. The van der Waals surface area contributed by atoms with Crippen LogP contribution in [0.1, 0.15) is 6.92 Å². The lowest BCUT2D eigenvalue weighted by molar-refractivity contribution is -0.138. The molecule has 3 heteroatoms. The topological polar surface area (TPSA) is 63.3 Å². The predicted molar refractivity (Wildman–Crippen MR) is 21.3 cm³/mol. The standard InChI is InChI=1S/C3H7NO2/c1-2(4)3(5)6/h2H,4H2,1H3,(H,5,6)/t2-/m1/s1/i3+1. The SMILES string of the molecule is C[C@@H](N)[13C](=O)O. The molecule has 0 fully saturated rings. The monoisotopic (exact) mass is 90.1 g/mol. The van der Waals surface area contributed by atoms with E-state index < -0.39 is 12.0 Å². The Bertz CT molecular complexity index is 59.8. The van der Waals surface area contributed by atoms with Crippen LogP contribution >= 0.6 is 0 Å². The number of carboxylic acids is 1. The molecule has 0 amide bonds. The first-order valence-electron chi connectivity index (χ1n) is 1.63. The third-order valence-electron chi connectivity index (χ3n) is 0.390. The van der Waals surface area contributed by atoms with E-state index in [2.05, 4.69) is 0 Å². The number of nitrogens with two attached hydrogens (primary N) is 1. The van der Waals surface area contributed by atoms with Gasteiger partial charge in [0.1, 0.15) is 6.04 Å². The van der Waals surface area contributed by atoms with Crippen LogP contribution in [0.5, 0.6) is 0 Å². The van der Waals surface area contributed by atoms with Gasteiger partial charge in [0.15, 0.2) is 0 Å². The van der Waals surface area contributed by atoms with Gasteiger partial charge in [-0.2, -0.15) is 0 Å². The number of hydrogen-bond donors (Lipinski definition) is 2. The van der Waals surface area contributed by atoms with Gasteiger partial charge in [-0.3, -0.25) is 4.79 Å². The average molecular weight is 90.1 g/mol. The lowest BCUT2D eigenvalue weighted by Gasteiger charge is -1.90. The lowest BCUT2D eigenvalue weighted by atomic mass is 10.6. The average Bonchev–Trinajstić information content (AvgIpc) is 1.36. The van der Waals surface area contributed by atoms with Gasteiger partial charge in [0.05, 0.1) is 0 Å². The largest absolute Gasteiger partial charge is 0.480 e. The lowest BCUT2D eigenvalue weighted by Crippen LogP contribution is -2.25. The second kappa shape index (κ2) is 1.77. The zero-order chi connectivity index (χ0) is 5.15. The molecule has 0 aliphatic carbocycles. The fourth-order valence-corrected chi connectivity index (χ4v) is 0. The molecule has 0 heterocycles. The van der Waals surface area contributed by atoms with Crippen LogP contribution in [-0.4, -0.2) is 17.1 Å². The van der Waals surface area contributed by atoms with Crippen LogP contribution < -0.4 is 5.73 Å². The van der Waals surface area contributed by atoms with Gasteiger partial charge in [-0.15, -0.1) is 0 Å². The summed E-state index contributed by atoms with van der Waals surface area (Å²) in [5, 5.41) is 7.87. The van der Waals surface area contributed by atoms with Crippen molar-refractivity contribution in [3.05, 3.63) is 0 Å². The van der Waals surface area contributed by atoms with E-state index in [4.69, 9.17) is 10.8 Å². The molecule has 0 bridgehead atoms. The molecule has 36 valence electrons. The molecular formula is C3H7NO2. The molecule has 0 aliphatic rings. The van der Waals surface area contributed by atoms with Crippen molar-refractivity contribution < 1.29 is 9.90 Å². The first-order valence-corrected chi connectivity index (χ1v) is 1.63. The van der Waals surface area contributed by atoms with E-state index in [1.165, 1.54) is 6.92 Å². The van der Waals surface area contributed by atoms with Crippen molar-refractivity contribution in [2.24, 2.45) is 5.73 Å². The third-order valence-corrected chi connectivity index (χ3v) is 0.390. The maximum atomic E-state index is 9.57. The highest BCUT2D eigenvalue weighted by molar-refractivity contribution is 5.72. The van der Waals surface area contributed by atoms with Crippen molar-refractivity contribution in [1.82, 2.24) is 0 Å². The van der Waals surface area contributed by atoms with E-state index in [1.807, 2.05) is 0 Å². The maximum Gasteiger partial charge on any atom is 0.320 e. The Kier molecular flexibility index (Phi) is 1.60.